The van der Waals surface area contributed by atoms with E-state index in [2.05, 4.69) is 5.32 Å². The number of hydrogen-bond acceptors (Lipinski definition) is 2. The van der Waals surface area contributed by atoms with Gasteiger partial charge in [-0.05, 0) is 12.8 Å². The van der Waals surface area contributed by atoms with E-state index in [0.29, 0.717) is 13.0 Å². The maximum Gasteiger partial charge on any atom is 0.322 e. The molecule has 1 fully saturated rings. The number of carbonyl (C=O) groups is 2. The number of piperidine rings is 1. The van der Waals surface area contributed by atoms with Crippen molar-refractivity contribution >= 4 is 11.9 Å². The van der Waals surface area contributed by atoms with Crippen LogP contribution < -0.4 is 5.32 Å². The van der Waals surface area contributed by atoms with E-state index in [1.165, 1.54) is 0 Å². The quantitative estimate of drug-likeness (QED) is 0.589. The van der Waals surface area contributed by atoms with Crippen molar-refractivity contribution in [1.82, 2.24) is 5.32 Å². The molecule has 1 rings (SSSR count). The van der Waals surface area contributed by atoms with Gasteiger partial charge in [0.15, 0.2) is 0 Å². The number of carboxylic acids is 2. The molecule has 1 heterocycles. The van der Waals surface area contributed by atoms with Crippen LogP contribution in [0.3, 0.4) is 0 Å². The Labute approximate surface area is 69.4 Å². The third-order valence-corrected chi connectivity index (χ3v) is 1.97. The SMILES string of the molecule is O=C(O)C1CC[N]C(C(=O)O)C1. The van der Waals surface area contributed by atoms with Crippen LogP contribution >= 0.6 is 0 Å². The molecule has 5 heteroatoms. The Kier molecular flexibility index (Phi) is 2.65. The van der Waals surface area contributed by atoms with Crippen LogP contribution in [0.5, 0.6) is 0 Å². The summed E-state index contributed by atoms with van der Waals surface area (Å²) in [6.45, 7) is 0.341. The van der Waals surface area contributed by atoms with E-state index in [1.54, 1.807) is 0 Å². The van der Waals surface area contributed by atoms with Gasteiger partial charge in [-0.15, -0.1) is 0 Å². The Hall–Kier alpha value is -1.10. The molecule has 2 atom stereocenters. The minimum atomic E-state index is -1.03. The molecular formula is C7H10NO4. The molecule has 0 bridgehead atoms. The predicted molar refractivity (Wildman–Crippen MR) is 38.8 cm³/mol. The number of nitrogens with zero attached hydrogens (tertiary/aromatic N) is 1. The van der Waals surface area contributed by atoms with Gasteiger partial charge in [0, 0.05) is 6.54 Å². The standard InChI is InChI=1S/C7H10NO4/c9-6(10)4-1-2-8-5(3-4)7(11)12/h4-5H,1-3H2,(H,9,10)(H,11,12). The molecule has 0 aliphatic carbocycles. The van der Waals surface area contributed by atoms with Crippen molar-refractivity contribution in [2.75, 3.05) is 6.54 Å². The first-order valence-electron chi connectivity index (χ1n) is 3.73. The van der Waals surface area contributed by atoms with Gasteiger partial charge in [0.2, 0.25) is 0 Å². The second-order valence-corrected chi connectivity index (χ2v) is 2.82. The Bertz CT molecular complexity index is 184. The zero-order chi connectivity index (χ0) is 9.14. The highest BCUT2D eigenvalue weighted by atomic mass is 16.4. The van der Waals surface area contributed by atoms with Gasteiger partial charge in [-0.1, -0.05) is 0 Å². The van der Waals surface area contributed by atoms with Gasteiger partial charge >= 0.3 is 11.9 Å². The van der Waals surface area contributed by atoms with E-state index in [4.69, 9.17) is 10.2 Å². The minimum Gasteiger partial charge on any atom is -0.481 e. The molecule has 2 unspecified atom stereocenters. The molecule has 0 spiro atoms. The summed E-state index contributed by atoms with van der Waals surface area (Å²) in [6, 6.07) is -0.820. The lowest BCUT2D eigenvalue weighted by Gasteiger charge is -2.23. The third-order valence-electron chi connectivity index (χ3n) is 1.97. The largest absolute Gasteiger partial charge is 0.481 e. The van der Waals surface area contributed by atoms with Gasteiger partial charge in [-0.2, -0.15) is 0 Å². The topological polar surface area (TPSA) is 88.7 Å². The van der Waals surface area contributed by atoms with Crippen LogP contribution in [0.2, 0.25) is 0 Å². The molecule has 67 valence electrons. The maximum atomic E-state index is 10.5. The highest BCUT2D eigenvalue weighted by Crippen LogP contribution is 2.17. The molecule has 2 N–H and O–H groups in total. The highest BCUT2D eigenvalue weighted by Gasteiger charge is 2.31. The Morgan fingerprint density at radius 2 is 1.92 bits per heavy atom. The van der Waals surface area contributed by atoms with Crippen LogP contribution in [0.1, 0.15) is 12.8 Å². The van der Waals surface area contributed by atoms with E-state index < -0.39 is 23.9 Å². The summed E-state index contributed by atoms with van der Waals surface area (Å²) in [7, 11) is 0. The van der Waals surface area contributed by atoms with Gasteiger partial charge < -0.3 is 10.2 Å². The monoisotopic (exact) mass is 172 g/mol. The van der Waals surface area contributed by atoms with Crippen molar-refractivity contribution in [3.8, 4) is 0 Å². The molecule has 0 aromatic rings. The Balaban J connectivity index is 2.51. The Morgan fingerprint density at radius 3 is 2.42 bits per heavy atom. The first-order valence-corrected chi connectivity index (χ1v) is 3.73. The molecule has 0 aromatic carbocycles. The van der Waals surface area contributed by atoms with Crippen molar-refractivity contribution in [3.05, 3.63) is 0 Å². The summed E-state index contributed by atoms with van der Waals surface area (Å²) in [5.74, 6) is -2.49. The summed E-state index contributed by atoms with van der Waals surface area (Å²) in [5.41, 5.74) is 0. The highest BCUT2D eigenvalue weighted by molar-refractivity contribution is 5.76. The van der Waals surface area contributed by atoms with Crippen LogP contribution in [0.25, 0.3) is 0 Å². The molecule has 1 aliphatic rings. The van der Waals surface area contributed by atoms with E-state index in [1.807, 2.05) is 0 Å². The second kappa shape index (κ2) is 3.53. The van der Waals surface area contributed by atoms with Crippen LogP contribution in [0, 0.1) is 5.92 Å². The fourth-order valence-corrected chi connectivity index (χ4v) is 1.25. The number of rotatable bonds is 2. The van der Waals surface area contributed by atoms with Crippen molar-refractivity contribution in [3.63, 3.8) is 0 Å². The second-order valence-electron chi connectivity index (χ2n) is 2.82. The summed E-state index contributed by atoms with van der Waals surface area (Å²) in [5, 5.41) is 21.0. The summed E-state index contributed by atoms with van der Waals surface area (Å²) >= 11 is 0. The van der Waals surface area contributed by atoms with E-state index in [9.17, 15) is 9.59 Å². The number of aliphatic carboxylic acids is 2. The van der Waals surface area contributed by atoms with Crippen molar-refractivity contribution < 1.29 is 19.8 Å². The lowest BCUT2D eigenvalue weighted by atomic mass is 9.93. The number of hydrogen-bond donors (Lipinski definition) is 2. The van der Waals surface area contributed by atoms with Crippen molar-refractivity contribution in [2.24, 2.45) is 5.92 Å². The number of carboxylic acid groups (broad SMARTS) is 2. The van der Waals surface area contributed by atoms with E-state index in [0.717, 1.165) is 0 Å². The van der Waals surface area contributed by atoms with Crippen LogP contribution in [-0.2, 0) is 9.59 Å². The first kappa shape index (κ1) is 8.99. The fraction of sp³-hybridized carbons (Fsp3) is 0.714. The summed E-state index contributed by atoms with van der Waals surface area (Å²) in [4.78, 5) is 20.9. The van der Waals surface area contributed by atoms with Gasteiger partial charge in [-0.3, -0.25) is 9.59 Å². The van der Waals surface area contributed by atoms with Crippen LogP contribution in [0.4, 0.5) is 0 Å². The lowest BCUT2D eigenvalue weighted by molar-refractivity contribution is -0.145. The van der Waals surface area contributed by atoms with Gasteiger partial charge in [0.05, 0.1) is 5.92 Å². The molecule has 12 heavy (non-hydrogen) atoms. The molecule has 5 nitrogen and oxygen atoms in total. The van der Waals surface area contributed by atoms with Crippen LogP contribution in [-0.4, -0.2) is 34.7 Å². The molecule has 1 saturated heterocycles. The smallest absolute Gasteiger partial charge is 0.322 e. The fourth-order valence-electron chi connectivity index (χ4n) is 1.25. The third kappa shape index (κ3) is 1.94. The summed E-state index contributed by atoms with van der Waals surface area (Å²) < 4.78 is 0. The molecule has 1 aliphatic heterocycles. The first-order chi connectivity index (χ1) is 5.61. The molecule has 0 aromatic heterocycles. The average molecular weight is 172 g/mol. The van der Waals surface area contributed by atoms with E-state index >= 15 is 0 Å². The minimum absolute atomic E-state index is 0.130. The zero-order valence-corrected chi connectivity index (χ0v) is 6.43. The van der Waals surface area contributed by atoms with Crippen molar-refractivity contribution in [1.29, 1.82) is 0 Å². The van der Waals surface area contributed by atoms with E-state index in [-0.39, 0.29) is 6.42 Å². The van der Waals surface area contributed by atoms with Gasteiger partial charge in [0.25, 0.3) is 0 Å². The Morgan fingerprint density at radius 1 is 1.25 bits per heavy atom. The molecule has 0 saturated carbocycles. The zero-order valence-electron chi connectivity index (χ0n) is 6.43. The van der Waals surface area contributed by atoms with Crippen molar-refractivity contribution in [2.45, 2.75) is 18.9 Å². The average Bonchev–Trinajstić information content (AvgIpc) is 2.04. The predicted octanol–water partition coefficient (Wildman–Crippen LogP) is -0.461. The molecular weight excluding hydrogens is 162 g/mol. The normalized spacial score (nSPS) is 29.7. The van der Waals surface area contributed by atoms with Crippen LogP contribution in [0.15, 0.2) is 0 Å². The summed E-state index contributed by atoms with van der Waals surface area (Å²) in [6.07, 6.45) is 0.587. The van der Waals surface area contributed by atoms with Gasteiger partial charge in [-0.25, -0.2) is 5.32 Å². The lowest BCUT2D eigenvalue weighted by Crippen LogP contribution is -2.40. The maximum absolute atomic E-state index is 10.5. The molecule has 1 radical (unpaired) electrons. The van der Waals surface area contributed by atoms with Gasteiger partial charge in [0.1, 0.15) is 6.04 Å². The molecule has 0 amide bonds.